The number of nitrogens with one attached hydrogen (secondary N) is 1. The average Bonchev–Trinajstić information content (AvgIpc) is 2.70. The highest BCUT2D eigenvalue weighted by molar-refractivity contribution is 6.31. The van der Waals surface area contributed by atoms with Crippen LogP contribution in [0.5, 0.6) is 5.75 Å². The standard InChI is InChI=1S/C19H24ClN5O2/c1-14-12-16(17(27-2)13-15(14)20)23-18(26)4-7-24-8-10-25(11-9-24)19-21-5-3-6-22-19/h3,5-6,12-13H,4,7-11H2,1-2H3,(H,23,26). The van der Waals surface area contributed by atoms with Crippen LogP contribution in [0, 0.1) is 6.92 Å². The molecule has 1 amide bonds. The summed E-state index contributed by atoms with van der Waals surface area (Å²) in [5.41, 5.74) is 1.54. The predicted octanol–water partition coefficient (Wildman–Crippen LogP) is 2.60. The lowest BCUT2D eigenvalue weighted by Gasteiger charge is -2.34. The van der Waals surface area contributed by atoms with Crippen LogP contribution in [0.15, 0.2) is 30.6 Å². The Kier molecular flexibility index (Phi) is 6.47. The summed E-state index contributed by atoms with van der Waals surface area (Å²) in [7, 11) is 1.56. The van der Waals surface area contributed by atoms with Crippen molar-refractivity contribution in [1.82, 2.24) is 14.9 Å². The largest absolute Gasteiger partial charge is 0.495 e. The van der Waals surface area contributed by atoms with E-state index < -0.39 is 0 Å². The van der Waals surface area contributed by atoms with Crippen LogP contribution in [0.25, 0.3) is 0 Å². The molecule has 8 heteroatoms. The van der Waals surface area contributed by atoms with Gasteiger partial charge in [0.15, 0.2) is 0 Å². The molecule has 27 heavy (non-hydrogen) atoms. The van der Waals surface area contributed by atoms with Crippen molar-refractivity contribution < 1.29 is 9.53 Å². The van der Waals surface area contributed by atoms with Crippen LogP contribution in [-0.4, -0.2) is 60.6 Å². The van der Waals surface area contributed by atoms with Gasteiger partial charge in [-0.05, 0) is 24.6 Å². The van der Waals surface area contributed by atoms with E-state index in [0.717, 1.165) is 37.7 Å². The molecule has 1 fully saturated rings. The molecular formula is C19H24ClN5O2. The zero-order valence-electron chi connectivity index (χ0n) is 15.6. The fraction of sp³-hybridized carbons (Fsp3) is 0.421. The Morgan fingerprint density at radius 1 is 1.22 bits per heavy atom. The Morgan fingerprint density at radius 2 is 1.93 bits per heavy atom. The van der Waals surface area contributed by atoms with Gasteiger partial charge >= 0.3 is 0 Å². The molecule has 1 aromatic carbocycles. The maximum absolute atomic E-state index is 12.3. The molecule has 0 bridgehead atoms. The average molecular weight is 390 g/mol. The third-order valence-corrected chi connectivity index (χ3v) is 5.02. The normalized spacial score (nSPS) is 14.9. The Labute approximate surface area is 164 Å². The molecule has 2 aromatic rings. The smallest absolute Gasteiger partial charge is 0.225 e. The van der Waals surface area contributed by atoms with Crippen molar-refractivity contribution in [3.8, 4) is 5.75 Å². The van der Waals surface area contributed by atoms with Gasteiger partial charge in [-0.2, -0.15) is 0 Å². The second-order valence-electron chi connectivity index (χ2n) is 6.48. The maximum Gasteiger partial charge on any atom is 0.225 e. The van der Waals surface area contributed by atoms with Crippen molar-refractivity contribution in [2.24, 2.45) is 0 Å². The summed E-state index contributed by atoms with van der Waals surface area (Å²) >= 11 is 6.11. The van der Waals surface area contributed by atoms with Gasteiger partial charge in [0.1, 0.15) is 5.75 Å². The van der Waals surface area contributed by atoms with Crippen LogP contribution in [0.4, 0.5) is 11.6 Å². The van der Waals surface area contributed by atoms with E-state index in [1.54, 1.807) is 25.6 Å². The summed E-state index contributed by atoms with van der Waals surface area (Å²) in [5, 5.41) is 3.54. The fourth-order valence-electron chi connectivity index (χ4n) is 3.03. The topological polar surface area (TPSA) is 70.6 Å². The lowest BCUT2D eigenvalue weighted by atomic mass is 10.2. The number of hydrogen-bond donors (Lipinski definition) is 1. The molecule has 2 heterocycles. The van der Waals surface area contributed by atoms with Crippen LogP contribution < -0.4 is 15.0 Å². The molecule has 1 N–H and O–H groups in total. The van der Waals surface area contributed by atoms with E-state index in [-0.39, 0.29) is 5.91 Å². The van der Waals surface area contributed by atoms with Crippen molar-refractivity contribution in [3.63, 3.8) is 0 Å². The van der Waals surface area contributed by atoms with Crippen LogP contribution in [0.3, 0.4) is 0 Å². The van der Waals surface area contributed by atoms with Gasteiger partial charge in [0, 0.05) is 62.6 Å². The first-order valence-electron chi connectivity index (χ1n) is 8.95. The Bertz CT molecular complexity index is 779. The molecule has 1 aromatic heterocycles. The summed E-state index contributed by atoms with van der Waals surface area (Å²) in [4.78, 5) is 25.4. The lowest BCUT2D eigenvalue weighted by molar-refractivity contribution is -0.116. The minimum absolute atomic E-state index is 0.0381. The first-order valence-corrected chi connectivity index (χ1v) is 9.33. The number of amides is 1. The number of carbonyl (C=O) groups is 1. The number of hydrogen-bond acceptors (Lipinski definition) is 6. The molecule has 7 nitrogen and oxygen atoms in total. The Hall–Kier alpha value is -2.38. The molecular weight excluding hydrogens is 366 g/mol. The second-order valence-corrected chi connectivity index (χ2v) is 6.88. The van der Waals surface area contributed by atoms with E-state index in [2.05, 4.69) is 25.1 Å². The van der Waals surface area contributed by atoms with Gasteiger partial charge in [-0.15, -0.1) is 0 Å². The van der Waals surface area contributed by atoms with Crippen molar-refractivity contribution in [2.45, 2.75) is 13.3 Å². The minimum atomic E-state index is -0.0381. The molecule has 0 atom stereocenters. The summed E-state index contributed by atoms with van der Waals surface area (Å²) in [6.07, 6.45) is 3.93. The quantitative estimate of drug-likeness (QED) is 0.818. The van der Waals surface area contributed by atoms with Crippen molar-refractivity contribution in [1.29, 1.82) is 0 Å². The van der Waals surface area contributed by atoms with Crippen LogP contribution in [-0.2, 0) is 4.79 Å². The van der Waals surface area contributed by atoms with E-state index in [4.69, 9.17) is 16.3 Å². The first-order chi connectivity index (χ1) is 13.1. The van der Waals surface area contributed by atoms with Gasteiger partial charge in [-0.1, -0.05) is 11.6 Å². The van der Waals surface area contributed by atoms with Gasteiger partial charge in [-0.25, -0.2) is 9.97 Å². The molecule has 144 valence electrons. The van der Waals surface area contributed by atoms with Crippen LogP contribution >= 0.6 is 11.6 Å². The molecule has 0 unspecified atom stereocenters. The molecule has 3 rings (SSSR count). The van der Waals surface area contributed by atoms with Crippen molar-refractivity contribution >= 4 is 29.1 Å². The number of rotatable bonds is 6. The maximum atomic E-state index is 12.3. The molecule has 0 aliphatic carbocycles. The summed E-state index contributed by atoms with van der Waals surface area (Å²) in [5.74, 6) is 1.29. The molecule has 1 saturated heterocycles. The number of anilines is 2. The zero-order valence-corrected chi connectivity index (χ0v) is 16.4. The molecule has 1 aliphatic heterocycles. The van der Waals surface area contributed by atoms with E-state index in [1.807, 2.05) is 19.1 Å². The first kappa shape index (κ1) is 19.4. The van der Waals surface area contributed by atoms with E-state index in [0.29, 0.717) is 29.4 Å². The van der Waals surface area contributed by atoms with Gasteiger partial charge in [0.25, 0.3) is 0 Å². The SMILES string of the molecule is COc1cc(Cl)c(C)cc1NC(=O)CCN1CCN(c2ncccn2)CC1. The summed E-state index contributed by atoms with van der Waals surface area (Å²) in [6.45, 7) is 6.09. The number of aromatic nitrogens is 2. The van der Waals surface area contributed by atoms with E-state index in [9.17, 15) is 4.79 Å². The number of aryl methyl sites for hydroxylation is 1. The number of methoxy groups -OCH3 is 1. The zero-order chi connectivity index (χ0) is 19.2. The highest BCUT2D eigenvalue weighted by Crippen LogP contribution is 2.31. The third-order valence-electron chi connectivity index (χ3n) is 4.62. The number of nitrogens with zero attached hydrogens (tertiary/aromatic N) is 4. The number of piperazine rings is 1. The fourth-order valence-corrected chi connectivity index (χ4v) is 3.18. The highest BCUT2D eigenvalue weighted by Gasteiger charge is 2.19. The van der Waals surface area contributed by atoms with Crippen LogP contribution in [0.2, 0.25) is 5.02 Å². The van der Waals surface area contributed by atoms with Crippen molar-refractivity contribution in [2.75, 3.05) is 50.1 Å². The third kappa shape index (κ3) is 5.08. The van der Waals surface area contributed by atoms with Gasteiger partial charge < -0.3 is 15.0 Å². The van der Waals surface area contributed by atoms with E-state index >= 15 is 0 Å². The van der Waals surface area contributed by atoms with Gasteiger partial charge in [0.2, 0.25) is 11.9 Å². The molecule has 1 aliphatic rings. The Balaban J connectivity index is 1.47. The number of benzene rings is 1. The Morgan fingerprint density at radius 3 is 2.59 bits per heavy atom. The van der Waals surface area contributed by atoms with E-state index in [1.165, 1.54) is 0 Å². The van der Waals surface area contributed by atoms with Gasteiger partial charge in [-0.3, -0.25) is 9.69 Å². The second kappa shape index (κ2) is 9.01. The number of halogens is 1. The van der Waals surface area contributed by atoms with Crippen molar-refractivity contribution in [3.05, 3.63) is 41.2 Å². The molecule has 0 radical (unpaired) electrons. The molecule has 0 saturated carbocycles. The monoisotopic (exact) mass is 389 g/mol. The molecule has 0 spiro atoms. The van der Waals surface area contributed by atoms with Crippen LogP contribution in [0.1, 0.15) is 12.0 Å². The van der Waals surface area contributed by atoms with Gasteiger partial charge in [0.05, 0.1) is 12.8 Å². The predicted molar refractivity (Wildman–Crippen MR) is 107 cm³/mol. The number of carbonyl (C=O) groups excluding carboxylic acids is 1. The number of ether oxygens (including phenoxy) is 1. The lowest BCUT2D eigenvalue weighted by Crippen LogP contribution is -2.47. The highest BCUT2D eigenvalue weighted by atomic mass is 35.5. The summed E-state index contributed by atoms with van der Waals surface area (Å²) in [6, 6.07) is 5.37. The minimum Gasteiger partial charge on any atom is -0.495 e. The summed E-state index contributed by atoms with van der Waals surface area (Å²) < 4.78 is 5.30.